The fraction of sp³-hybridized carbons (Fsp3) is 0.600. The van der Waals surface area contributed by atoms with E-state index in [9.17, 15) is 0 Å². The van der Waals surface area contributed by atoms with Crippen molar-refractivity contribution in [1.82, 2.24) is 5.32 Å². The van der Waals surface area contributed by atoms with E-state index in [1.54, 1.807) is 0 Å². The number of benzene rings is 1. The van der Waals surface area contributed by atoms with Crippen molar-refractivity contribution in [3.05, 3.63) is 28.8 Å². The lowest BCUT2D eigenvalue weighted by Gasteiger charge is -2.46. The molecule has 0 amide bonds. The van der Waals surface area contributed by atoms with E-state index in [1.165, 1.54) is 11.3 Å². The third-order valence-corrected chi connectivity index (χ3v) is 4.25. The van der Waals surface area contributed by atoms with E-state index < -0.39 is 0 Å². The van der Waals surface area contributed by atoms with Gasteiger partial charge in [-0.05, 0) is 44.9 Å². The first-order chi connectivity index (χ1) is 8.44. The molecule has 0 bridgehead atoms. The Morgan fingerprint density at radius 3 is 2.83 bits per heavy atom. The van der Waals surface area contributed by atoms with Gasteiger partial charge in [-0.15, -0.1) is 0 Å². The van der Waals surface area contributed by atoms with Crippen molar-refractivity contribution in [2.24, 2.45) is 0 Å². The third-order valence-electron chi connectivity index (χ3n) is 3.84. The van der Waals surface area contributed by atoms with Crippen LogP contribution in [0, 0.1) is 6.92 Å². The lowest BCUT2D eigenvalue weighted by molar-refractivity contribution is 0.306. The molecule has 18 heavy (non-hydrogen) atoms. The summed E-state index contributed by atoms with van der Waals surface area (Å²) in [6.45, 7) is 10.9. The Kier molecular flexibility index (Phi) is 3.88. The lowest BCUT2D eigenvalue weighted by atomic mass is 9.96. The van der Waals surface area contributed by atoms with Gasteiger partial charge in [-0.2, -0.15) is 0 Å². The fourth-order valence-electron chi connectivity index (χ4n) is 2.67. The Hall–Kier alpha value is -0.730. The van der Waals surface area contributed by atoms with Crippen LogP contribution in [0.25, 0.3) is 0 Å². The molecule has 0 saturated carbocycles. The Balaban J connectivity index is 2.36. The molecule has 1 aromatic rings. The molecule has 0 aliphatic carbocycles. The number of nitrogens with zero attached hydrogens (tertiary/aromatic N) is 1. The van der Waals surface area contributed by atoms with Crippen LogP contribution in [0.5, 0.6) is 0 Å². The minimum absolute atomic E-state index is 0.153. The molecule has 0 aromatic heterocycles. The van der Waals surface area contributed by atoms with E-state index in [2.05, 4.69) is 44.0 Å². The average Bonchev–Trinajstić information content (AvgIpc) is 2.32. The standard InChI is InChI=1S/C15H23ClN2/c1-5-12-9-17-15(3,4)10-18(12)14-8-6-7-13(16)11(14)2/h6-8,12,17H,5,9-10H2,1-4H3. The molecular weight excluding hydrogens is 244 g/mol. The monoisotopic (exact) mass is 266 g/mol. The SMILES string of the molecule is CCC1CNC(C)(C)CN1c1cccc(Cl)c1C. The maximum absolute atomic E-state index is 6.25. The maximum atomic E-state index is 6.25. The van der Waals surface area contributed by atoms with E-state index in [4.69, 9.17) is 11.6 Å². The summed E-state index contributed by atoms with van der Waals surface area (Å²) < 4.78 is 0. The van der Waals surface area contributed by atoms with Crippen molar-refractivity contribution in [3.8, 4) is 0 Å². The molecule has 1 saturated heterocycles. The van der Waals surface area contributed by atoms with Gasteiger partial charge in [0.1, 0.15) is 0 Å². The predicted octanol–water partition coefficient (Wildman–Crippen LogP) is 3.62. The first-order valence-corrected chi connectivity index (χ1v) is 7.09. The highest BCUT2D eigenvalue weighted by Gasteiger charge is 2.32. The molecule has 1 N–H and O–H groups in total. The molecule has 1 aliphatic heterocycles. The molecule has 1 heterocycles. The van der Waals surface area contributed by atoms with Gasteiger partial charge in [0.05, 0.1) is 0 Å². The molecule has 0 radical (unpaired) electrons. The molecule has 1 unspecified atom stereocenters. The summed E-state index contributed by atoms with van der Waals surface area (Å²) in [7, 11) is 0. The van der Waals surface area contributed by atoms with Crippen molar-refractivity contribution < 1.29 is 0 Å². The number of hydrogen-bond acceptors (Lipinski definition) is 2. The van der Waals surface area contributed by atoms with Gasteiger partial charge < -0.3 is 10.2 Å². The van der Waals surface area contributed by atoms with Crippen molar-refractivity contribution in [1.29, 1.82) is 0 Å². The van der Waals surface area contributed by atoms with Crippen molar-refractivity contribution >= 4 is 17.3 Å². The summed E-state index contributed by atoms with van der Waals surface area (Å²) >= 11 is 6.25. The number of nitrogens with one attached hydrogen (secondary N) is 1. The third kappa shape index (κ3) is 2.65. The van der Waals surface area contributed by atoms with Crippen LogP contribution in [0.1, 0.15) is 32.8 Å². The molecule has 1 aliphatic rings. The highest BCUT2D eigenvalue weighted by atomic mass is 35.5. The van der Waals surface area contributed by atoms with Crippen LogP contribution in [0.15, 0.2) is 18.2 Å². The zero-order valence-electron chi connectivity index (χ0n) is 11.8. The largest absolute Gasteiger partial charge is 0.365 e. The smallest absolute Gasteiger partial charge is 0.0455 e. The number of hydrogen-bond donors (Lipinski definition) is 1. The zero-order valence-corrected chi connectivity index (χ0v) is 12.5. The Labute approximate surface area is 115 Å². The van der Waals surface area contributed by atoms with E-state index in [-0.39, 0.29) is 5.54 Å². The van der Waals surface area contributed by atoms with Gasteiger partial charge in [0.2, 0.25) is 0 Å². The topological polar surface area (TPSA) is 15.3 Å². The fourth-order valence-corrected chi connectivity index (χ4v) is 2.84. The Bertz CT molecular complexity index is 429. The molecule has 1 atom stereocenters. The van der Waals surface area contributed by atoms with Crippen LogP contribution >= 0.6 is 11.6 Å². The lowest BCUT2D eigenvalue weighted by Crippen LogP contribution is -2.61. The van der Waals surface area contributed by atoms with Gasteiger partial charge in [-0.25, -0.2) is 0 Å². The molecule has 1 aromatic carbocycles. The summed E-state index contributed by atoms with van der Waals surface area (Å²) in [6, 6.07) is 6.75. The number of rotatable bonds is 2. The van der Waals surface area contributed by atoms with Gasteiger partial charge in [0, 0.05) is 35.4 Å². The van der Waals surface area contributed by atoms with Crippen LogP contribution in [0.4, 0.5) is 5.69 Å². The normalized spacial score (nSPS) is 23.2. The second kappa shape index (κ2) is 5.10. The molecule has 1 fully saturated rings. The van der Waals surface area contributed by atoms with Crippen LogP contribution < -0.4 is 10.2 Å². The molecule has 100 valence electrons. The molecule has 2 nitrogen and oxygen atoms in total. The van der Waals surface area contributed by atoms with Gasteiger partial charge in [-0.3, -0.25) is 0 Å². The Morgan fingerprint density at radius 1 is 1.44 bits per heavy atom. The van der Waals surface area contributed by atoms with Gasteiger partial charge in [-0.1, -0.05) is 24.6 Å². The second-order valence-electron chi connectivity index (χ2n) is 5.84. The molecule has 2 rings (SSSR count). The summed E-state index contributed by atoms with van der Waals surface area (Å²) in [4.78, 5) is 2.51. The number of piperazine rings is 1. The molecule has 0 spiro atoms. The van der Waals surface area contributed by atoms with E-state index in [1.807, 2.05) is 12.1 Å². The second-order valence-corrected chi connectivity index (χ2v) is 6.25. The first kappa shape index (κ1) is 13.7. The van der Waals surface area contributed by atoms with Gasteiger partial charge >= 0.3 is 0 Å². The van der Waals surface area contributed by atoms with E-state index in [0.29, 0.717) is 6.04 Å². The summed E-state index contributed by atoms with van der Waals surface area (Å²) in [6.07, 6.45) is 1.15. The first-order valence-electron chi connectivity index (χ1n) is 6.71. The van der Waals surface area contributed by atoms with Gasteiger partial charge in [0.15, 0.2) is 0 Å². The van der Waals surface area contributed by atoms with Gasteiger partial charge in [0.25, 0.3) is 0 Å². The van der Waals surface area contributed by atoms with E-state index in [0.717, 1.165) is 24.5 Å². The van der Waals surface area contributed by atoms with Crippen molar-refractivity contribution in [2.75, 3.05) is 18.0 Å². The number of halogens is 1. The maximum Gasteiger partial charge on any atom is 0.0455 e. The quantitative estimate of drug-likeness (QED) is 0.880. The van der Waals surface area contributed by atoms with Crippen LogP contribution in [-0.2, 0) is 0 Å². The van der Waals surface area contributed by atoms with Crippen LogP contribution in [-0.4, -0.2) is 24.7 Å². The molecule has 3 heteroatoms. The van der Waals surface area contributed by atoms with Crippen molar-refractivity contribution in [2.45, 2.75) is 45.7 Å². The highest BCUT2D eigenvalue weighted by molar-refractivity contribution is 6.31. The molecular formula is C15H23ClN2. The zero-order chi connectivity index (χ0) is 13.3. The van der Waals surface area contributed by atoms with Crippen molar-refractivity contribution in [3.63, 3.8) is 0 Å². The number of anilines is 1. The summed E-state index contributed by atoms with van der Waals surface area (Å²) in [5, 5.41) is 4.48. The summed E-state index contributed by atoms with van der Waals surface area (Å²) in [5.74, 6) is 0. The van der Waals surface area contributed by atoms with Crippen LogP contribution in [0.2, 0.25) is 5.02 Å². The summed E-state index contributed by atoms with van der Waals surface area (Å²) in [5.41, 5.74) is 2.62. The minimum Gasteiger partial charge on any atom is -0.365 e. The minimum atomic E-state index is 0.153. The highest BCUT2D eigenvalue weighted by Crippen LogP contribution is 2.31. The van der Waals surface area contributed by atoms with E-state index >= 15 is 0 Å². The predicted molar refractivity (Wildman–Crippen MR) is 79.7 cm³/mol. The van der Waals surface area contributed by atoms with Crippen LogP contribution in [0.3, 0.4) is 0 Å². The Morgan fingerprint density at radius 2 is 2.17 bits per heavy atom. The average molecular weight is 267 g/mol.